The molecule has 0 aromatic rings. The lowest BCUT2D eigenvalue weighted by molar-refractivity contribution is -0.142. The number of rotatable bonds is 7. The van der Waals surface area contributed by atoms with E-state index < -0.39 is 0 Å². The Kier molecular flexibility index (Phi) is 7.26. The molecule has 0 bridgehead atoms. The van der Waals surface area contributed by atoms with E-state index in [9.17, 15) is 4.79 Å². The van der Waals surface area contributed by atoms with Crippen LogP contribution in [0.1, 0.15) is 46.0 Å². The van der Waals surface area contributed by atoms with Crippen LogP contribution in [0.5, 0.6) is 0 Å². The van der Waals surface area contributed by atoms with Crippen LogP contribution >= 0.6 is 0 Å². The first kappa shape index (κ1) is 12.1. The highest BCUT2D eigenvalue weighted by Gasteiger charge is 2.02. The van der Waals surface area contributed by atoms with Gasteiger partial charge in [-0.2, -0.15) is 0 Å². The number of hydrogen-bond acceptors (Lipinski definition) is 3. The summed E-state index contributed by atoms with van der Waals surface area (Å²) < 4.78 is 4.92. The third-order valence-corrected chi connectivity index (χ3v) is 1.67. The van der Waals surface area contributed by atoms with Crippen LogP contribution in [-0.2, 0) is 9.53 Å². The molecule has 0 aromatic carbocycles. The molecule has 3 nitrogen and oxygen atoms in total. The van der Waals surface area contributed by atoms with Crippen LogP contribution in [0.3, 0.4) is 0 Å². The number of carbonyl (C=O) groups is 1. The SMILES string of the molecule is CCCCCCOC(=O)CC(C)=N. The number of unbranched alkanes of at least 4 members (excludes halogenated alkanes) is 3. The Morgan fingerprint density at radius 1 is 1.31 bits per heavy atom. The second kappa shape index (κ2) is 7.77. The third-order valence-electron chi connectivity index (χ3n) is 1.67. The van der Waals surface area contributed by atoms with Gasteiger partial charge < -0.3 is 10.1 Å². The van der Waals surface area contributed by atoms with Gasteiger partial charge in [0, 0.05) is 5.71 Å². The average Bonchev–Trinajstić information content (AvgIpc) is 2.02. The number of hydrogen-bond donors (Lipinski definition) is 1. The summed E-state index contributed by atoms with van der Waals surface area (Å²) >= 11 is 0. The molecular formula is C10H19NO2. The van der Waals surface area contributed by atoms with Gasteiger partial charge in [-0.25, -0.2) is 0 Å². The molecule has 3 heteroatoms. The van der Waals surface area contributed by atoms with Crippen molar-refractivity contribution in [3.63, 3.8) is 0 Å². The van der Waals surface area contributed by atoms with Crippen molar-refractivity contribution in [3.05, 3.63) is 0 Å². The molecule has 0 spiro atoms. The van der Waals surface area contributed by atoms with Gasteiger partial charge in [0.1, 0.15) is 0 Å². The molecular weight excluding hydrogens is 166 g/mol. The lowest BCUT2D eigenvalue weighted by Gasteiger charge is -2.03. The van der Waals surface area contributed by atoms with E-state index in [1.165, 1.54) is 12.8 Å². The first-order chi connectivity index (χ1) is 6.16. The molecule has 76 valence electrons. The average molecular weight is 185 g/mol. The Bertz CT molecular complexity index is 166. The van der Waals surface area contributed by atoms with E-state index in [0.717, 1.165) is 12.8 Å². The molecule has 0 saturated heterocycles. The van der Waals surface area contributed by atoms with Gasteiger partial charge in [0.05, 0.1) is 13.0 Å². The molecule has 0 atom stereocenters. The Labute approximate surface area is 80.0 Å². The minimum atomic E-state index is -0.274. The van der Waals surface area contributed by atoms with Crippen molar-refractivity contribution >= 4 is 11.7 Å². The van der Waals surface area contributed by atoms with Crippen LogP contribution in [0, 0.1) is 5.41 Å². The topological polar surface area (TPSA) is 50.2 Å². The van der Waals surface area contributed by atoms with Crippen molar-refractivity contribution < 1.29 is 9.53 Å². The zero-order valence-corrected chi connectivity index (χ0v) is 8.56. The zero-order valence-electron chi connectivity index (χ0n) is 8.56. The minimum absolute atomic E-state index is 0.133. The van der Waals surface area contributed by atoms with Crippen molar-refractivity contribution in [2.45, 2.75) is 46.0 Å². The Hall–Kier alpha value is -0.860. The van der Waals surface area contributed by atoms with Gasteiger partial charge in [-0.05, 0) is 13.3 Å². The predicted molar refractivity (Wildman–Crippen MR) is 53.1 cm³/mol. The second-order valence-electron chi connectivity index (χ2n) is 3.24. The molecule has 0 fully saturated rings. The van der Waals surface area contributed by atoms with Crippen molar-refractivity contribution in [1.29, 1.82) is 5.41 Å². The summed E-state index contributed by atoms with van der Waals surface area (Å²) in [4.78, 5) is 10.9. The smallest absolute Gasteiger partial charge is 0.311 e. The summed E-state index contributed by atoms with van der Waals surface area (Å²) in [6.45, 7) is 4.26. The van der Waals surface area contributed by atoms with E-state index in [1.807, 2.05) is 0 Å². The second-order valence-corrected chi connectivity index (χ2v) is 3.24. The molecule has 1 N–H and O–H groups in total. The largest absolute Gasteiger partial charge is 0.465 e. The van der Waals surface area contributed by atoms with Crippen LogP contribution in [0.25, 0.3) is 0 Å². The van der Waals surface area contributed by atoms with Crippen LogP contribution < -0.4 is 0 Å². The van der Waals surface area contributed by atoms with Crippen molar-refractivity contribution in [1.82, 2.24) is 0 Å². The van der Waals surface area contributed by atoms with Gasteiger partial charge in [0.15, 0.2) is 0 Å². The Morgan fingerprint density at radius 2 is 2.00 bits per heavy atom. The van der Waals surface area contributed by atoms with Crippen molar-refractivity contribution in [2.24, 2.45) is 0 Å². The van der Waals surface area contributed by atoms with E-state index in [4.69, 9.17) is 10.1 Å². The predicted octanol–water partition coefficient (Wildman–Crippen LogP) is 2.54. The number of ether oxygens (including phenoxy) is 1. The molecule has 0 aliphatic heterocycles. The number of carbonyl (C=O) groups excluding carboxylic acids is 1. The van der Waals surface area contributed by atoms with Crippen LogP contribution in [0.15, 0.2) is 0 Å². The summed E-state index contributed by atoms with van der Waals surface area (Å²) in [6, 6.07) is 0. The maximum absolute atomic E-state index is 10.9. The first-order valence-electron chi connectivity index (χ1n) is 4.86. The standard InChI is InChI=1S/C10H19NO2/c1-3-4-5-6-7-13-10(12)8-9(2)11/h11H,3-8H2,1-2H3. The summed E-state index contributed by atoms with van der Waals surface area (Å²) in [6.07, 6.45) is 4.58. The minimum Gasteiger partial charge on any atom is -0.465 e. The summed E-state index contributed by atoms with van der Waals surface area (Å²) in [5.41, 5.74) is 0.360. The number of esters is 1. The lowest BCUT2D eigenvalue weighted by atomic mass is 10.2. The highest BCUT2D eigenvalue weighted by atomic mass is 16.5. The van der Waals surface area contributed by atoms with Gasteiger partial charge in [0.25, 0.3) is 0 Å². The van der Waals surface area contributed by atoms with E-state index in [1.54, 1.807) is 6.92 Å². The molecule has 0 aromatic heterocycles. The van der Waals surface area contributed by atoms with Crippen molar-refractivity contribution in [2.75, 3.05) is 6.61 Å². The van der Waals surface area contributed by atoms with Gasteiger partial charge in [-0.1, -0.05) is 26.2 Å². The monoisotopic (exact) mass is 185 g/mol. The first-order valence-corrected chi connectivity index (χ1v) is 4.86. The van der Waals surface area contributed by atoms with Gasteiger partial charge in [0.2, 0.25) is 0 Å². The maximum atomic E-state index is 10.9. The molecule has 0 radical (unpaired) electrons. The van der Waals surface area contributed by atoms with Crippen LogP contribution in [-0.4, -0.2) is 18.3 Å². The van der Waals surface area contributed by atoms with Gasteiger partial charge in [-0.15, -0.1) is 0 Å². The quantitative estimate of drug-likeness (QED) is 0.376. The van der Waals surface area contributed by atoms with E-state index in [-0.39, 0.29) is 12.4 Å². The molecule has 0 heterocycles. The highest BCUT2D eigenvalue weighted by molar-refractivity contribution is 5.95. The van der Waals surface area contributed by atoms with E-state index in [2.05, 4.69) is 6.92 Å². The molecule has 0 aliphatic carbocycles. The summed E-state index contributed by atoms with van der Waals surface area (Å²) in [5, 5.41) is 7.07. The molecule has 13 heavy (non-hydrogen) atoms. The molecule has 0 amide bonds. The molecule has 0 unspecified atom stereocenters. The summed E-state index contributed by atoms with van der Waals surface area (Å²) in [7, 11) is 0. The summed E-state index contributed by atoms with van der Waals surface area (Å²) in [5.74, 6) is -0.274. The fourth-order valence-electron chi connectivity index (χ4n) is 0.982. The van der Waals surface area contributed by atoms with Crippen LogP contribution in [0.2, 0.25) is 0 Å². The van der Waals surface area contributed by atoms with Crippen LogP contribution in [0.4, 0.5) is 0 Å². The normalized spacial score (nSPS) is 9.69. The molecule has 0 aliphatic rings. The molecule has 0 rings (SSSR count). The lowest BCUT2D eigenvalue weighted by Crippen LogP contribution is -2.09. The van der Waals surface area contributed by atoms with Gasteiger partial charge >= 0.3 is 5.97 Å². The Morgan fingerprint density at radius 3 is 2.54 bits per heavy atom. The maximum Gasteiger partial charge on any atom is 0.311 e. The molecule has 0 saturated carbocycles. The highest BCUT2D eigenvalue weighted by Crippen LogP contribution is 1.99. The fraction of sp³-hybridized carbons (Fsp3) is 0.800. The zero-order chi connectivity index (χ0) is 10.1. The number of nitrogens with one attached hydrogen (secondary N) is 1. The Balaban J connectivity index is 3.22. The third kappa shape index (κ3) is 9.05. The van der Waals surface area contributed by atoms with E-state index >= 15 is 0 Å². The fourth-order valence-corrected chi connectivity index (χ4v) is 0.982. The van der Waals surface area contributed by atoms with Crippen molar-refractivity contribution in [3.8, 4) is 0 Å². The van der Waals surface area contributed by atoms with Gasteiger partial charge in [-0.3, -0.25) is 4.79 Å². The van der Waals surface area contributed by atoms with E-state index in [0.29, 0.717) is 12.3 Å².